The number of amides is 1. The summed E-state index contributed by atoms with van der Waals surface area (Å²) in [6, 6.07) is 16.1. The maximum absolute atomic E-state index is 13.2. The molecule has 2 aromatic carbocycles. The lowest BCUT2D eigenvalue weighted by Gasteiger charge is -2.09. The Balaban J connectivity index is 1.34. The fourth-order valence-corrected chi connectivity index (χ4v) is 4.43. The van der Waals surface area contributed by atoms with E-state index in [0.29, 0.717) is 50.5 Å². The molecule has 1 amide bonds. The van der Waals surface area contributed by atoms with Crippen LogP contribution >= 0.6 is 11.3 Å². The summed E-state index contributed by atoms with van der Waals surface area (Å²) in [6.07, 6.45) is -3.43. The van der Waals surface area contributed by atoms with Crippen LogP contribution in [0.3, 0.4) is 0 Å². The van der Waals surface area contributed by atoms with Gasteiger partial charge in [-0.3, -0.25) is 9.20 Å². The summed E-state index contributed by atoms with van der Waals surface area (Å²) in [5, 5.41) is 8.23. The van der Waals surface area contributed by atoms with E-state index in [2.05, 4.69) is 20.6 Å². The molecule has 0 radical (unpaired) electrons. The summed E-state index contributed by atoms with van der Waals surface area (Å²) in [7, 11) is 0. The highest BCUT2D eigenvalue weighted by Gasteiger charge is 2.31. The van der Waals surface area contributed by atoms with Crippen LogP contribution in [0.25, 0.3) is 17.0 Å². The quantitative estimate of drug-likeness (QED) is 0.240. The molecular formula is C25H19F3N6OS. The number of anilines is 4. The molecule has 0 saturated heterocycles. The van der Waals surface area contributed by atoms with Crippen molar-refractivity contribution >= 4 is 45.1 Å². The Bertz CT molecular complexity index is 1570. The molecule has 182 valence electrons. The number of nitrogens with two attached hydrogens (primary N) is 1. The average Bonchev–Trinajstić information content (AvgIpc) is 3.42. The maximum Gasteiger partial charge on any atom is 0.417 e. The highest BCUT2D eigenvalue weighted by molar-refractivity contribution is 7.14. The molecule has 0 spiro atoms. The van der Waals surface area contributed by atoms with E-state index in [-0.39, 0.29) is 5.91 Å². The van der Waals surface area contributed by atoms with Gasteiger partial charge in [0, 0.05) is 22.8 Å². The van der Waals surface area contributed by atoms with Crippen molar-refractivity contribution in [3.05, 3.63) is 89.1 Å². The lowest BCUT2D eigenvalue weighted by atomic mass is 10.2. The van der Waals surface area contributed by atoms with Gasteiger partial charge in [0.15, 0.2) is 5.13 Å². The van der Waals surface area contributed by atoms with Crippen LogP contribution in [0.5, 0.6) is 0 Å². The largest absolute Gasteiger partial charge is 0.417 e. The Kier molecular flexibility index (Phi) is 5.84. The minimum atomic E-state index is -4.46. The number of pyridine rings is 1. The highest BCUT2D eigenvalue weighted by Crippen LogP contribution is 2.33. The third kappa shape index (κ3) is 4.60. The summed E-state index contributed by atoms with van der Waals surface area (Å²) in [5.41, 5.74) is 9.23. The molecule has 0 aliphatic rings. The molecule has 36 heavy (non-hydrogen) atoms. The second kappa shape index (κ2) is 9.00. The van der Waals surface area contributed by atoms with E-state index in [4.69, 9.17) is 5.73 Å². The van der Waals surface area contributed by atoms with E-state index in [0.717, 1.165) is 12.3 Å². The smallest absolute Gasteiger partial charge is 0.397 e. The van der Waals surface area contributed by atoms with Gasteiger partial charge in [0.05, 0.1) is 28.3 Å². The maximum atomic E-state index is 13.2. The first-order valence-corrected chi connectivity index (χ1v) is 11.6. The van der Waals surface area contributed by atoms with Crippen molar-refractivity contribution in [3.8, 4) is 11.4 Å². The summed E-state index contributed by atoms with van der Waals surface area (Å²) in [5.74, 6) is -0.294. The second-order valence-corrected chi connectivity index (χ2v) is 8.83. The lowest BCUT2D eigenvalue weighted by Crippen LogP contribution is -2.13. The lowest BCUT2D eigenvalue weighted by molar-refractivity contribution is -0.137. The summed E-state index contributed by atoms with van der Waals surface area (Å²) >= 11 is 1.30. The molecular weight excluding hydrogens is 489 g/mol. The zero-order valence-corrected chi connectivity index (χ0v) is 19.6. The van der Waals surface area contributed by atoms with Gasteiger partial charge >= 0.3 is 6.18 Å². The molecule has 0 fully saturated rings. The number of nitrogens with one attached hydrogen (secondary N) is 2. The molecule has 3 heterocycles. The first-order chi connectivity index (χ1) is 17.2. The van der Waals surface area contributed by atoms with E-state index in [1.807, 2.05) is 0 Å². The topological polar surface area (TPSA) is 97.3 Å². The number of halogens is 3. The third-order valence-corrected chi connectivity index (χ3v) is 6.23. The number of imidazole rings is 1. The molecule has 0 saturated carbocycles. The number of thiazole rings is 1. The number of alkyl halides is 3. The fourth-order valence-electron chi connectivity index (χ4n) is 3.71. The minimum Gasteiger partial charge on any atom is -0.397 e. The number of aryl methyl sites for hydroxylation is 1. The normalized spacial score (nSPS) is 11.6. The zero-order chi connectivity index (χ0) is 25.4. The molecule has 5 aromatic rings. The summed E-state index contributed by atoms with van der Waals surface area (Å²) in [6.45, 7) is 1.73. The van der Waals surface area contributed by atoms with Gasteiger partial charge in [0.25, 0.3) is 5.91 Å². The van der Waals surface area contributed by atoms with Crippen molar-refractivity contribution in [3.63, 3.8) is 0 Å². The van der Waals surface area contributed by atoms with Crippen molar-refractivity contribution in [2.75, 3.05) is 16.4 Å². The SMILES string of the molecule is Cc1nc2ccc(C(F)(F)F)cn2c1-c1csc(Nc2ccc(C(=O)Nc3ccccc3N)cc2)n1. The van der Waals surface area contributed by atoms with Gasteiger partial charge < -0.3 is 16.4 Å². The standard InChI is InChI=1S/C25H19F3N6OS/c1-14-22(34-12-16(25(26,27)28)8-11-21(34)30-14)20-13-36-24(33-20)31-17-9-6-15(7-10-17)23(35)32-19-5-3-2-4-18(19)29/h2-13H,29H2,1H3,(H,31,33)(H,32,35). The van der Waals surface area contributed by atoms with Crippen molar-refractivity contribution < 1.29 is 18.0 Å². The number of rotatable bonds is 5. The van der Waals surface area contributed by atoms with Gasteiger partial charge in [-0.1, -0.05) is 12.1 Å². The van der Waals surface area contributed by atoms with Crippen LogP contribution in [0.2, 0.25) is 0 Å². The molecule has 0 aliphatic heterocycles. The van der Waals surface area contributed by atoms with Crippen molar-refractivity contribution in [1.29, 1.82) is 0 Å². The molecule has 5 rings (SSSR count). The number of fused-ring (bicyclic) bond motifs is 1. The Morgan fingerprint density at radius 1 is 1.03 bits per heavy atom. The number of hydrogen-bond donors (Lipinski definition) is 3. The number of para-hydroxylation sites is 2. The van der Waals surface area contributed by atoms with Crippen LogP contribution in [0, 0.1) is 6.92 Å². The predicted molar refractivity (Wildman–Crippen MR) is 135 cm³/mol. The Morgan fingerprint density at radius 3 is 2.50 bits per heavy atom. The number of nitrogen functional groups attached to an aromatic ring is 1. The van der Waals surface area contributed by atoms with Gasteiger partial charge in [-0.15, -0.1) is 11.3 Å². The fraction of sp³-hybridized carbons (Fsp3) is 0.0800. The van der Waals surface area contributed by atoms with Crippen LogP contribution in [-0.2, 0) is 6.18 Å². The summed E-state index contributed by atoms with van der Waals surface area (Å²) in [4.78, 5) is 21.4. The Labute approximate surface area is 207 Å². The number of nitrogens with zero attached hydrogens (tertiary/aromatic N) is 3. The Hall–Kier alpha value is -4.38. The van der Waals surface area contributed by atoms with Crippen LogP contribution in [0.15, 0.2) is 72.2 Å². The van der Waals surface area contributed by atoms with Gasteiger partial charge in [0.2, 0.25) is 0 Å². The monoisotopic (exact) mass is 508 g/mol. The number of benzene rings is 2. The molecule has 0 unspecified atom stereocenters. The third-order valence-electron chi connectivity index (χ3n) is 5.47. The first kappa shape index (κ1) is 23.4. The van der Waals surface area contributed by atoms with Crippen molar-refractivity contribution in [2.24, 2.45) is 0 Å². The van der Waals surface area contributed by atoms with Gasteiger partial charge in [-0.2, -0.15) is 13.2 Å². The molecule has 7 nitrogen and oxygen atoms in total. The second-order valence-electron chi connectivity index (χ2n) is 7.97. The minimum absolute atomic E-state index is 0.294. The zero-order valence-electron chi connectivity index (χ0n) is 18.8. The molecule has 3 aromatic heterocycles. The number of hydrogen-bond acceptors (Lipinski definition) is 6. The van der Waals surface area contributed by atoms with Crippen LogP contribution in [0.4, 0.5) is 35.4 Å². The molecule has 4 N–H and O–H groups in total. The predicted octanol–water partition coefficient (Wildman–Crippen LogP) is 6.36. The molecule has 0 atom stereocenters. The van der Waals surface area contributed by atoms with Crippen molar-refractivity contribution in [2.45, 2.75) is 13.1 Å². The van der Waals surface area contributed by atoms with E-state index in [9.17, 15) is 18.0 Å². The number of carbonyl (C=O) groups is 1. The first-order valence-electron chi connectivity index (χ1n) is 10.7. The molecule has 0 bridgehead atoms. The van der Waals surface area contributed by atoms with E-state index >= 15 is 0 Å². The molecule has 11 heteroatoms. The van der Waals surface area contributed by atoms with Crippen LogP contribution in [-0.4, -0.2) is 20.3 Å². The van der Waals surface area contributed by atoms with E-state index in [1.54, 1.807) is 60.8 Å². The van der Waals surface area contributed by atoms with Gasteiger partial charge in [-0.05, 0) is 55.5 Å². The number of aromatic nitrogens is 3. The van der Waals surface area contributed by atoms with Gasteiger partial charge in [0.1, 0.15) is 11.3 Å². The Morgan fingerprint density at radius 2 is 1.78 bits per heavy atom. The number of carbonyl (C=O) groups excluding carboxylic acids is 1. The van der Waals surface area contributed by atoms with Crippen molar-refractivity contribution in [1.82, 2.24) is 14.4 Å². The summed E-state index contributed by atoms with van der Waals surface area (Å²) < 4.78 is 41.1. The van der Waals surface area contributed by atoms with Gasteiger partial charge in [-0.25, -0.2) is 9.97 Å². The van der Waals surface area contributed by atoms with E-state index in [1.165, 1.54) is 21.8 Å². The van der Waals surface area contributed by atoms with E-state index < -0.39 is 11.7 Å². The van der Waals surface area contributed by atoms with Crippen LogP contribution < -0.4 is 16.4 Å². The average molecular weight is 509 g/mol. The highest BCUT2D eigenvalue weighted by atomic mass is 32.1. The van der Waals surface area contributed by atoms with Crippen LogP contribution in [0.1, 0.15) is 21.6 Å². The molecule has 0 aliphatic carbocycles.